The first-order valence-electron chi connectivity index (χ1n) is 9.98. The number of amides is 3. The number of nitrogens with one attached hydrogen (secondary N) is 2. The van der Waals surface area contributed by atoms with Crippen LogP contribution in [0.5, 0.6) is 0 Å². The molecule has 0 radical (unpaired) electrons. The van der Waals surface area contributed by atoms with E-state index in [0.717, 1.165) is 5.56 Å². The molecule has 8 heteroatoms. The molecule has 0 saturated heterocycles. The first-order valence-corrected chi connectivity index (χ1v) is 9.98. The van der Waals surface area contributed by atoms with Crippen molar-refractivity contribution < 1.29 is 18.8 Å². The minimum absolute atomic E-state index is 0.00275. The SMILES string of the molecule is Cc1cccc(C(=O)NCC(Cc2ccc(F)cc2)C(N)=O)c1NC(=O)c1ccncc1. The smallest absolute Gasteiger partial charge is 0.255 e. The van der Waals surface area contributed by atoms with Crippen LogP contribution in [0.15, 0.2) is 67.0 Å². The van der Waals surface area contributed by atoms with E-state index in [9.17, 15) is 18.8 Å². The molecule has 0 bridgehead atoms. The van der Waals surface area contributed by atoms with Crippen LogP contribution in [-0.4, -0.2) is 29.3 Å². The highest BCUT2D eigenvalue weighted by Crippen LogP contribution is 2.22. The van der Waals surface area contributed by atoms with Crippen molar-refractivity contribution in [2.75, 3.05) is 11.9 Å². The summed E-state index contributed by atoms with van der Waals surface area (Å²) in [7, 11) is 0. The molecule has 1 aromatic heterocycles. The largest absolute Gasteiger partial charge is 0.369 e. The lowest BCUT2D eigenvalue weighted by Crippen LogP contribution is -2.37. The number of carbonyl (C=O) groups is 3. The summed E-state index contributed by atoms with van der Waals surface area (Å²) in [5, 5.41) is 5.49. The van der Waals surface area contributed by atoms with Crippen molar-refractivity contribution in [3.63, 3.8) is 0 Å². The number of rotatable bonds is 8. The van der Waals surface area contributed by atoms with Gasteiger partial charge in [-0.3, -0.25) is 19.4 Å². The Hall–Kier alpha value is -4.07. The molecule has 7 nitrogen and oxygen atoms in total. The fourth-order valence-corrected chi connectivity index (χ4v) is 3.20. The highest BCUT2D eigenvalue weighted by molar-refractivity contribution is 6.09. The Bertz CT molecular complexity index is 1120. The summed E-state index contributed by atoms with van der Waals surface area (Å²) >= 11 is 0. The lowest BCUT2D eigenvalue weighted by molar-refractivity contribution is -0.121. The third-order valence-corrected chi connectivity index (χ3v) is 5.01. The van der Waals surface area contributed by atoms with Crippen LogP contribution in [0.25, 0.3) is 0 Å². The van der Waals surface area contributed by atoms with Gasteiger partial charge in [-0.05, 0) is 54.8 Å². The Morgan fingerprint density at radius 1 is 1.00 bits per heavy atom. The zero-order valence-electron chi connectivity index (χ0n) is 17.5. The maximum atomic E-state index is 13.1. The highest BCUT2D eigenvalue weighted by Gasteiger charge is 2.20. The monoisotopic (exact) mass is 434 g/mol. The topological polar surface area (TPSA) is 114 Å². The van der Waals surface area contributed by atoms with Crippen molar-refractivity contribution in [1.29, 1.82) is 0 Å². The number of benzene rings is 2. The van der Waals surface area contributed by atoms with Crippen LogP contribution in [-0.2, 0) is 11.2 Å². The molecule has 0 aliphatic heterocycles. The average Bonchev–Trinajstić information content (AvgIpc) is 2.79. The molecule has 2 aromatic carbocycles. The summed E-state index contributed by atoms with van der Waals surface area (Å²) in [5.74, 6) is -2.46. The van der Waals surface area contributed by atoms with Crippen LogP contribution >= 0.6 is 0 Å². The third kappa shape index (κ3) is 5.75. The molecule has 1 atom stereocenters. The van der Waals surface area contributed by atoms with Gasteiger partial charge in [0.05, 0.1) is 17.2 Å². The van der Waals surface area contributed by atoms with Gasteiger partial charge < -0.3 is 16.4 Å². The van der Waals surface area contributed by atoms with Gasteiger partial charge in [0.2, 0.25) is 5.91 Å². The zero-order valence-corrected chi connectivity index (χ0v) is 17.5. The van der Waals surface area contributed by atoms with Gasteiger partial charge >= 0.3 is 0 Å². The van der Waals surface area contributed by atoms with E-state index in [1.54, 1.807) is 49.4 Å². The van der Waals surface area contributed by atoms with E-state index in [1.165, 1.54) is 24.5 Å². The highest BCUT2D eigenvalue weighted by atomic mass is 19.1. The molecule has 3 rings (SSSR count). The summed E-state index contributed by atoms with van der Waals surface area (Å²) in [6.07, 6.45) is 3.27. The van der Waals surface area contributed by atoms with Gasteiger partial charge in [-0.1, -0.05) is 24.3 Å². The Morgan fingerprint density at radius 3 is 2.34 bits per heavy atom. The summed E-state index contributed by atoms with van der Waals surface area (Å²) in [6, 6.07) is 14.0. The van der Waals surface area contributed by atoms with Crippen molar-refractivity contribution >= 4 is 23.4 Å². The third-order valence-electron chi connectivity index (χ3n) is 5.01. The van der Waals surface area contributed by atoms with E-state index in [0.29, 0.717) is 16.8 Å². The predicted octanol–water partition coefficient (Wildman–Crippen LogP) is 2.86. The van der Waals surface area contributed by atoms with Gasteiger partial charge in [-0.25, -0.2) is 4.39 Å². The fourth-order valence-electron chi connectivity index (χ4n) is 3.20. The first-order chi connectivity index (χ1) is 15.3. The summed E-state index contributed by atoms with van der Waals surface area (Å²) in [6.45, 7) is 1.77. The molecule has 1 heterocycles. The van der Waals surface area contributed by atoms with Crippen LogP contribution in [0.4, 0.5) is 10.1 Å². The number of aryl methyl sites for hydroxylation is 1. The van der Waals surface area contributed by atoms with Gasteiger partial charge in [0.15, 0.2) is 0 Å². The van der Waals surface area contributed by atoms with Crippen molar-refractivity contribution in [2.24, 2.45) is 11.7 Å². The van der Waals surface area contributed by atoms with E-state index >= 15 is 0 Å². The maximum absolute atomic E-state index is 13.1. The molecule has 0 aliphatic carbocycles. The second-order valence-corrected chi connectivity index (χ2v) is 7.33. The summed E-state index contributed by atoms with van der Waals surface area (Å²) in [5.41, 5.74) is 7.97. The number of nitrogens with zero attached hydrogens (tertiary/aromatic N) is 1. The average molecular weight is 434 g/mol. The quantitative estimate of drug-likeness (QED) is 0.506. The van der Waals surface area contributed by atoms with Crippen molar-refractivity contribution in [3.8, 4) is 0 Å². The summed E-state index contributed by atoms with van der Waals surface area (Å²) < 4.78 is 13.1. The van der Waals surface area contributed by atoms with Gasteiger partial charge in [-0.15, -0.1) is 0 Å². The number of primary amides is 1. The number of hydrogen-bond acceptors (Lipinski definition) is 4. The normalized spacial score (nSPS) is 11.4. The number of aromatic nitrogens is 1. The Labute approximate surface area is 184 Å². The van der Waals surface area contributed by atoms with Crippen LogP contribution in [0.3, 0.4) is 0 Å². The Kier molecular flexibility index (Phi) is 7.28. The molecule has 164 valence electrons. The van der Waals surface area contributed by atoms with E-state index in [2.05, 4.69) is 15.6 Å². The first kappa shape index (κ1) is 22.6. The van der Waals surface area contributed by atoms with Gasteiger partial charge in [0.1, 0.15) is 5.82 Å². The number of nitrogens with two attached hydrogens (primary N) is 1. The van der Waals surface area contributed by atoms with Crippen LogP contribution in [0, 0.1) is 18.7 Å². The van der Waals surface area contributed by atoms with Gasteiger partial charge in [0.25, 0.3) is 11.8 Å². The molecule has 3 amide bonds. The standard InChI is InChI=1S/C24H23FN4O3/c1-15-3-2-4-20(21(15)29-23(31)17-9-11-27-12-10-17)24(32)28-14-18(22(26)30)13-16-5-7-19(25)8-6-16/h2-12,18H,13-14H2,1H3,(H2,26,30)(H,28,32)(H,29,31). The number of anilines is 1. The van der Waals surface area contributed by atoms with Crippen molar-refractivity contribution in [1.82, 2.24) is 10.3 Å². The van der Waals surface area contributed by atoms with Gasteiger partial charge in [-0.2, -0.15) is 0 Å². The molecular weight excluding hydrogens is 411 g/mol. The van der Waals surface area contributed by atoms with Crippen LogP contribution < -0.4 is 16.4 Å². The molecule has 1 unspecified atom stereocenters. The molecule has 32 heavy (non-hydrogen) atoms. The molecule has 0 aliphatic rings. The molecular formula is C24H23FN4O3. The van der Waals surface area contributed by atoms with E-state index in [-0.39, 0.29) is 30.3 Å². The number of para-hydroxylation sites is 1. The lowest BCUT2D eigenvalue weighted by atomic mass is 9.98. The molecule has 0 saturated carbocycles. The minimum atomic E-state index is -0.677. The predicted molar refractivity (Wildman–Crippen MR) is 118 cm³/mol. The maximum Gasteiger partial charge on any atom is 0.255 e. The second-order valence-electron chi connectivity index (χ2n) is 7.33. The van der Waals surface area contributed by atoms with E-state index < -0.39 is 17.7 Å². The van der Waals surface area contributed by atoms with Gasteiger partial charge in [0, 0.05) is 24.5 Å². The molecule has 4 N–H and O–H groups in total. The van der Waals surface area contributed by atoms with Crippen molar-refractivity contribution in [3.05, 3.63) is 95.1 Å². The minimum Gasteiger partial charge on any atom is -0.369 e. The molecule has 0 fully saturated rings. The molecule has 0 spiro atoms. The number of hydrogen-bond donors (Lipinski definition) is 3. The van der Waals surface area contributed by atoms with Crippen molar-refractivity contribution in [2.45, 2.75) is 13.3 Å². The number of pyridine rings is 1. The molecule has 3 aromatic rings. The Balaban J connectivity index is 1.72. The van der Waals surface area contributed by atoms with E-state index in [4.69, 9.17) is 5.73 Å². The zero-order chi connectivity index (χ0) is 23.1. The van der Waals surface area contributed by atoms with E-state index in [1.807, 2.05) is 0 Å². The lowest BCUT2D eigenvalue weighted by Gasteiger charge is -2.17. The fraction of sp³-hybridized carbons (Fsp3) is 0.167. The summed E-state index contributed by atoms with van der Waals surface area (Å²) in [4.78, 5) is 41.2. The Morgan fingerprint density at radius 2 is 1.69 bits per heavy atom. The second kappa shape index (κ2) is 10.3. The van der Waals surface area contributed by atoms with Crippen LogP contribution in [0.2, 0.25) is 0 Å². The number of carbonyl (C=O) groups excluding carboxylic acids is 3. The number of halogens is 1. The van der Waals surface area contributed by atoms with Crippen LogP contribution in [0.1, 0.15) is 31.8 Å².